The molecule has 3 aromatic rings. The summed E-state index contributed by atoms with van der Waals surface area (Å²) in [5.74, 6) is 0.894. The summed E-state index contributed by atoms with van der Waals surface area (Å²) in [4.78, 5) is 26.4. The zero-order chi connectivity index (χ0) is 19.7. The monoisotopic (exact) mass is 443 g/mol. The molecule has 1 aliphatic heterocycles. The Morgan fingerprint density at radius 1 is 1.32 bits per heavy atom. The summed E-state index contributed by atoms with van der Waals surface area (Å²) >= 11 is 3.49. The minimum absolute atomic E-state index is 0.0229. The molecule has 2 heterocycles. The number of benzene rings is 2. The Morgan fingerprint density at radius 3 is 2.96 bits per heavy atom. The van der Waals surface area contributed by atoms with Gasteiger partial charge in [-0.15, -0.1) is 0 Å². The van der Waals surface area contributed by atoms with Gasteiger partial charge in [0, 0.05) is 12.1 Å². The second-order valence-electron chi connectivity index (χ2n) is 6.20. The highest BCUT2D eigenvalue weighted by atomic mass is 79.9. The fraction of sp³-hybridized carbons (Fsp3) is 0.167. The van der Waals surface area contributed by atoms with E-state index in [1.807, 2.05) is 12.1 Å². The van der Waals surface area contributed by atoms with Gasteiger partial charge in [0.2, 0.25) is 11.9 Å². The molecule has 0 saturated carbocycles. The van der Waals surface area contributed by atoms with Crippen molar-refractivity contribution in [1.29, 1.82) is 0 Å². The number of halogens is 1. The smallest absolute Gasteiger partial charge is 0.269 e. The lowest BCUT2D eigenvalue weighted by molar-refractivity contribution is -0.384. The number of ether oxygens (including phenoxy) is 1. The first kappa shape index (κ1) is 18.1. The van der Waals surface area contributed by atoms with Crippen LogP contribution < -0.4 is 10.1 Å². The van der Waals surface area contributed by atoms with E-state index in [0.29, 0.717) is 21.7 Å². The maximum Gasteiger partial charge on any atom is 0.269 e. The highest BCUT2D eigenvalue weighted by Gasteiger charge is 2.28. The van der Waals surface area contributed by atoms with E-state index in [1.165, 1.54) is 18.5 Å². The number of nitro benzene ring substituents is 1. The normalized spacial score (nSPS) is 15.6. The predicted molar refractivity (Wildman–Crippen MR) is 103 cm³/mol. The number of nitrogens with zero attached hydrogens (tertiary/aromatic N) is 4. The number of anilines is 1. The van der Waals surface area contributed by atoms with Crippen molar-refractivity contribution in [3.8, 4) is 5.75 Å². The third-order valence-corrected chi connectivity index (χ3v) is 4.97. The summed E-state index contributed by atoms with van der Waals surface area (Å²) in [5, 5.41) is 17.7. The molecule has 0 saturated heterocycles. The molecule has 0 fully saturated rings. The van der Waals surface area contributed by atoms with Crippen molar-refractivity contribution >= 4 is 33.5 Å². The topological polar surface area (TPSA) is 112 Å². The highest BCUT2D eigenvalue weighted by Crippen LogP contribution is 2.34. The van der Waals surface area contributed by atoms with Gasteiger partial charge in [0.25, 0.3) is 5.69 Å². The Hall–Kier alpha value is -3.27. The van der Waals surface area contributed by atoms with Crippen molar-refractivity contribution in [3.05, 3.63) is 74.5 Å². The second-order valence-corrected chi connectivity index (χ2v) is 7.06. The molecule has 1 aliphatic rings. The van der Waals surface area contributed by atoms with Gasteiger partial charge < -0.3 is 4.74 Å². The number of hydrogen-bond acceptors (Lipinski definition) is 6. The van der Waals surface area contributed by atoms with E-state index >= 15 is 0 Å². The fourth-order valence-corrected chi connectivity index (χ4v) is 3.54. The minimum Gasteiger partial charge on any atom is -0.488 e. The molecule has 0 spiro atoms. The highest BCUT2D eigenvalue weighted by molar-refractivity contribution is 9.10. The summed E-state index contributed by atoms with van der Waals surface area (Å²) in [6.07, 6.45) is 1.66. The Morgan fingerprint density at radius 2 is 2.18 bits per heavy atom. The molecule has 4 rings (SSSR count). The van der Waals surface area contributed by atoms with Crippen LogP contribution in [0.2, 0.25) is 0 Å². The van der Waals surface area contributed by atoms with Gasteiger partial charge in [-0.25, -0.2) is 4.68 Å². The molecule has 9 nitrogen and oxygen atoms in total. The molecule has 142 valence electrons. The van der Waals surface area contributed by atoms with E-state index in [9.17, 15) is 14.9 Å². The average Bonchev–Trinajstić information content (AvgIpc) is 3.15. The van der Waals surface area contributed by atoms with Crippen LogP contribution in [-0.4, -0.2) is 25.6 Å². The van der Waals surface area contributed by atoms with Crippen LogP contribution in [0.4, 0.5) is 11.6 Å². The van der Waals surface area contributed by atoms with E-state index in [1.54, 1.807) is 22.9 Å². The molecule has 2 aromatic carbocycles. The van der Waals surface area contributed by atoms with Gasteiger partial charge in [0.05, 0.1) is 21.9 Å². The van der Waals surface area contributed by atoms with E-state index in [2.05, 4.69) is 31.3 Å². The van der Waals surface area contributed by atoms with Crippen LogP contribution in [0.5, 0.6) is 5.75 Å². The summed E-state index contributed by atoms with van der Waals surface area (Å²) in [5.41, 5.74) is 1.60. The Bertz CT molecular complexity index is 1070. The first-order valence-corrected chi connectivity index (χ1v) is 9.15. The van der Waals surface area contributed by atoms with Gasteiger partial charge in [0.15, 0.2) is 0 Å². The minimum atomic E-state index is -0.438. The van der Waals surface area contributed by atoms with Gasteiger partial charge in [-0.05, 0) is 39.2 Å². The third-order valence-electron chi connectivity index (χ3n) is 4.35. The van der Waals surface area contributed by atoms with Crippen molar-refractivity contribution in [2.45, 2.75) is 19.1 Å². The van der Waals surface area contributed by atoms with Crippen LogP contribution in [0.25, 0.3) is 0 Å². The summed E-state index contributed by atoms with van der Waals surface area (Å²) in [7, 11) is 0. The average molecular weight is 444 g/mol. The maximum atomic E-state index is 11.9. The van der Waals surface area contributed by atoms with Crippen LogP contribution in [0.15, 0.2) is 53.3 Å². The fourth-order valence-electron chi connectivity index (χ4n) is 3.03. The summed E-state index contributed by atoms with van der Waals surface area (Å²) < 4.78 is 8.18. The number of rotatable bonds is 5. The molecule has 0 unspecified atom stereocenters. The van der Waals surface area contributed by atoms with Gasteiger partial charge in [-0.1, -0.05) is 18.2 Å². The van der Waals surface area contributed by atoms with Crippen LogP contribution in [0.1, 0.15) is 23.6 Å². The van der Waals surface area contributed by atoms with Crippen LogP contribution in [0.3, 0.4) is 0 Å². The molecule has 0 radical (unpaired) electrons. The largest absolute Gasteiger partial charge is 0.488 e. The molecular formula is C18H14BrN5O4. The van der Waals surface area contributed by atoms with Gasteiger partial charge in [-0.2, -0.15) is 10.1 Å². The van der Waals surface area contributed by atoms with Gasteiger partial charge in [-0.3, -0.25) is 20.2 Å². The first-order valence-electron chi connectivity index (χ1n) is 8.36. The quantitative estimate of drug-likeness (QED) is 0.477. The molecule has 10 heteroatoms. The van der Waals surface area contributed by atoms with Crippen molar-refractivity contribution < 1.29 is 14.5 Å². The van der Waals surface area contributed by atoms with E-state index in [-0.39, 0.29) is 30.7 Å². The lowest BCUT2D eigenvalue weighted by Gasteiger charge is -2.24. The molecule has 28 heavy (non-hydrogen) atoms. The van der Waals surface area contributed by atoms with Crippen molar-refractivity contribution in [1.82, 2.24) is 14.8 Å². The standard InChI is InChI=1S/C18H14BrN5O4/c19-14-7-12(15-8-17(25)22-18-20-10-21-23(15)18)4-5-16(14)28-9-11-2-1-3-13(6-11)24(26)27/h1-7,10,15H,8-9H2,(H,20,21,22,25)/t15-/m1/s1. The van der Waals surface area contributed by atoms with Crippen LogP contribution in [-0.2, 0) is 11.4 Å². The summed E-state index contributed by atoms with van der Waals surface area (Å²) in [6, 6.07) is 11.6. The maximum absolute atomic E-state index is 11.9. The number of amides is 1. The number of hydrogen-bond donors (Lipinski definition) is 1. The van der Waals surface area contributed by atoms with Crippen molar-refractivity contribution in [3.63, 3.8) is 0 Å². The number of nitro groups is 1. The first-order chi connectivity index (χ1) is 13.5. The van der Waals surface area contributed by atoms with Crippen LogP contribution >= 0.6 is 15.9 Å². The number of fused-ring (bicyclic) bond motifs is 1. The molecule has 1 atom stereocenters. The lowest BCUT2D eigenvalue weighted by Crippen LogP contribution is -2.29. The molecule has 0 bridgehead atoms. The molecule has 0 aliphatic carbocycles. The lowest BCUT2D eigenvalue weighted by atomic mass is 10.0. The SMILES string of the molecule is O=C1C[C@H](c2ccc(OCc3cccc([N+](=O)[O-])c3)c(Br)c2)n2ncnc2N1. The number of nitrogens with one attached hydrogen (secondary N) is 1. The number of non-ortho nitro benzene ring substituents is 1. The van der Waals surface area contributed by atoms with E-state index in [0.717, 1.165) is 5.56 Å². The predicted octanol–water partition coefficient (Wildman–Crippen LogP) is 3.46. The summed E-state index contributed by atoms with van der Waals surface area (Å²) in [6.45, 7) is 0.193. The molecule has 1 amide bonds. The van der Waals surface area contributed by atoms with Crippen molar-refractivity contribution in [2.24, 2.45) is 0 Å². The Labute approximate surface area is 167 Å². The van der Waals surface area contributed by atoms with E-state index < -0.39 is 4.92 Å². The number of carbonyl (C=O) groups excluding carboxylic acids is 1. The zero-order valence-electron chi connectivity index (χ0n) is 14.4. The Kier molecular flexibility index (Phi) is 4.78. The Balaban J connectivity index is 1.52. The number of carbonyl (C=O) groups is 1. The van der Waals surface area contributed by atoms with Gasteiger partial charge >= 0.3 is 0 Å². The van der Waals surface area contributed by atoms with Crippen LogP contribution in [0, 0.1) is 10.1 Å². The van der Waals surface area contributed by atoms with Gasteiger partial charge in [0.1, 0.15) is 18.7 Å². The van der Waals surface area contributed by atoms with Crippen molar-refractivity contribution in [2.75, 3.05) is 5.32 Å². The van der Waals surface area contributed by atoms with E-state index in [4.69, 9.17) is 4.74 Å². The second kappa shape index (κ2) is 7.39. The number of aromatic nitrogens is 3. The molecule has 1 aromatic heterocycles. The molecular weight excluding hydrogens is 430 g/mol. The third kappa shape index (κ3) is 3.58. The molecule has 1 N–H and O–H groups in total. The zero-order valence-corrected chi connectivity index (χ0v) is 16.0.